The summed E-state index contributed by atoms with van der Waals surface area (Å²) in [5.41, 5.74) is 0.350. The number of aromatic nitrogens is 1. The Balaban J connectivity index is 1.92. The van der Waals surface area contributed by atoms with E-state index in [1.807, 2.05) is 0 Å². The Morgan fingerprint density at radius 3 is 2.74 bits per heavy atom. The van der Waals surface area contributed by atoms with Gasteiger partial charge in [-0.3, -0.25) is 9.59 Å². The van der Waals surface area contributed by atoms with Gasteiger partial charge in [-0.2, -0.15) is 0 Å². The largest absolute Gasteiger partial charge is 0.347 e. The summed E-state index contributed by atoms with van der Waals surface area (Å²) < 4.78 is 26.5. The highest BCUT2D eigenvalue weighted by atomic mass is 32.1. The van der Waals surface area contributed by atoms with Crippen molar-refractivity contribution < 1.29 is 18.4 Å². The van der Waals surface area contributed by atoms with Crippen molar-refractivity contribution in [3.05, 3.63) is 46.5 Å². The van der Waals surface area contributed by atoms with Crippen molar-refractivity contribution in [3.63, 3.8) is 0 Å². The van der Waals surface area contributed by atoms with Crippen molar-refractivity contribution in [1.29, 1.82) is 0 Å². The molecule has 0 aliphatic heterocycles. The minimum Gasteiger partial charge on any atom is -0.347 e. The van der Waals surface area contributed by atoms with Gasteiger partial charge in [0.15, 0.2) is 5.13 Å². The minimum absolute atomic E-state index is 0.131. The molecule has 5 nitrogen and oxygen atoms in total. The van der Waals surface area contributed by atoms with Gasteiger partial charge in [-0.25, -0.2) is 13.8 Å². The zero-order chi connectivity index (χ0) is 16.8. The maximum absolute atomic E-state index is 13.6. The van der Waals surface area contributed by atoms with E-state index in [0.717, 1.165) is 10.9 Å². The Morgan fingerprint density at radius 1 is 1.26 bits per heavy atom. The predicted molar refractivity (Wildman–Crippen MR) is 83.2 cm³/mol. The number of amides is 2. The summed E-state index contributed by atoms with van der Waals surface area (Å²) in [5.74, 6) is -1.85. The van der Waals surface area contributed by atoms with Crippen molar-refractivity contribution >= 4 is 28.3 Å². The van der Waals surface area contributed by atoms with Crippen molar-refractivity contribution in [1.82, 2.24) is 10.3 Å². The number of carbonyl (C=O) groups is 2. The van der Waals surface area contributed by atoms with Gasteiger partial charge in [-0.1, -0.05) is 13.0 Å². The van der Waals surface area contributed by atoms with Crippen molar-refractivity contribution in [2.75, 3.05) is 11.9 Å². The fourth-order valence-electron chi connectivity index (χ4n) is 1.77. The standard InChI is InChI=1S/C15H15F2N3O2S/c1-2-13(21)18-8-14(22)20-15-19-7-11(23-15)5-9-3-4-10(16)6-12(9)17/h3-4,6-7H,2,5,8H2,1H3,(H,18,21)(H,19,20,22). The summed E-state index contributed by atoms with van der Waals surface area (Å²) >= 11 is 1.19. The number of anilines is 1. The van der Waals surface area contributed by atoms with Gasteiger partial charge in [0.1, 0.15) is 11.6 Å². The minimum atomic E-state index is -0.627. The van der Waals surface area contributed by atoms with Crippen LogP contribution in [0, 0.1) is 11.6 Å². The molecule has 1 aromatic carbocycles. The Bertz CT molecular complexity index is 718. The first kappa shape index (κ1) is 17.0. The van der Waals surface area contributed by atoms with Crippen LogP contribution in [0.15, 0.2) is 24.4 Å². The third-order valence-electron chi connectivity index (χ3n) is 2.95. The maximum atomic E-state index is 13.6. The molecule has 2 rings (SSSR count). The molecule has 8 heteroatoms. The number of thiazole rings is 1. The first-order valence-electron chi connectivity index (χ1n) is 6.93. The van der Waals surface area contributed by atoms with E-state index in [-0.39, 0.29) is 24.8 Å². The number of hydrogen-bond acceptors (Lipinski definition) is 4. The lowest BCUT2D eigenvalue weighted by molar-refractivity contribution is -0.123. The van der Waals surface area contributed by atoms with Crippen molar-refractivity contribution in [3.8, 4) is 0 Å². The fourth-order valence-corrected chi connectivity index (χ4v) is 2.62. The van der Waals surface area contributed by atoms with Gasteiger partial charge in [-0.05, 0) is 11.6 Å². The zero-order valence-electron chi connectivity index (χ0n) is 12.4. The third kappa shape index (κ3) is 5.10. The normalized spacial score (nSPS) is 10.4. The van der Waals surface area contributed by atoms with Gasteiger partial charge in [0.25, 0.3) is 0 Å². The predicted octanol–water partition coefficient (Wildman–Crippen LogP) is 2.48. The van der Waals surface area contributed by atoms with Crippen LogP contribution in [0.1, 0.15) is 23.8 Å². The van der Waals surface area contributed by atoms with Gasteiger partial charge in [0, 0.05) is 30.0 Å². The van der Waals surface area contributed by atoms with Crippen LogP contribution >= 0.6 is 11.3 Å². The lowest BCUT2D eigenvalue weighted by Gasteiger charge is -2.03. The van der Waals surface area contributed by atoms with E-state index in [9.17, 15) is 18.4 Å². The maximum Gasteiger partial charge on any atom is 0.245 e. The summed E-state index contributed by atoms with van der Waals surface area (Å²) in [7, 11) is 0. The van der Waals surface area contributed by atoms with Crippen molar-refractivity contribution in [2.24, 2.45) is 0 Å². The molecule has 1 aromatic heterocycles. The summed E-state index contributed by atoms with van der Waals surface area (Å²) in [6, 6.07) is 3.40. The number of carbonyl (C=O) groups excluding carboxylic acids is 2. The van der Waals surface area contributed by atoms with Crippen LogP contribution in [0.2, 0.25) is 0 Å². The Morgan fingerprint density at radius 2 is 2.04 bits per heavy atom. The van der Waals surface area contributed by atoms with Crippen LogP contribution in [0.25, 0.3) is 0 Å². The number of nitrogens with zero attached hydrogens (tertiary/aromatic N) is 1. The van der Waals surface area contributed by atoms with E-state index >= 15 is 0 Å². The average molecular weight is 339 g/mol. The number of nitrogens with one attached hydrogen (secondary N) is 2. The quantitative estimate of drug-likeness (QED) is 0.849. The van der Waals surface area contributed by atoms with E-state index in [2.05, 4.69) is 15.6 Å². The molecule has 0 aliphatic carbocycles. The topological polar surface area (TPSA) is 71.1 Å². The molecule has 122 valence electrons. The highest BCUT2D eigenvalue weighted by Gasteiger charge is 2.10. The van der Waals surface area contributed by atoms with Gasteiger partial charge in [0.05, 0.1) is 6.54 Å². The molecule has 0 fully saturated rings. The first-order valence-corrected chi connectivity index (χ1v) is 7.74. The van der Waals surface area contributed by atoms with E-state index < -0.39 is 11.6 Å². The van der Waals surface area contributed by atoms with Crippen LogP contribution in [0.3, 0.4) is 0 Å². The molecule has 23 heavy (non-hydrogen) atoms. The zero-order valence-corrected chi connectivity index (χ0v) is 13.2. The van der Waals surface area contributed by atoms with Gasteiger partial charge < -0.3 is 10.6 Å². The van der Waals surface area contributed by atoms with E-state index in [1.54, 1.807) is 6.92 Å². The molecule has 0 aliphatic rings. The highest BCUT2D eigenvalue weighted by Crippen LogP contribution is 2.22. The van der Waals surface area contributed by atoms with Crippen LogP contribution in [0.4, 0.5) is 13.9 Å². The molecule has 0 unspecified atom stereocenters. The van der Waals surface area contributed by atoms with Crippen LogP contribution < -0.4 is 10.6 Å². The lowest BCUT2D eigenvalue weighted by atomic mass is 10.1. The molecular formula is C15H15F2N3O2S. The van der Waals surface area contributed by atoms with Gasteiger partial charge in [0.2, 0.25) is 11.8 Å². The molecular weight excluding hydrogens is 324 g/mol. The smallest absolute Gasteiger partial charge is 0.245 e. The lowest BCUT2D eigenvalue weighted by Crippen LogP contribution is -2.32. The second-order valence-corrected chi connectivity index (χ2v) is 5.84. The summed E-state index contributed by atoms with van der Waals surface area (Å²) in [4.78, 5) is 27.4. The van der Waals surface area contributed by atoms with Gasteiger partial charge in [-0.15, -0.1) is 11.3 Å². The van der Waals surface area contributed by atoms with E-state index in [0.29, 0.717) is 17.1 Å². The first-order chi connectivity index (χ1) is 11.0. The molecule has 0 spiro atoms. The summed E-state index contributed by atoms with van der Waals surface area (Å²) in [5, 5.41) is 5.36. The third-order valence-corrected chi connectivity index (χ3v) is 3.86. The summed E-state index contributed by atoms with van der Waals surface area (Å²) in [6.45, 7) is 1.56. The molecule has 2 N–H and O–H groups in total. The number of rotatable bonds is 6. The molecule has 0 saturated carbocycles. The Hall–Kier alpha value is -2.35. The summed E-state index contributed by atoms with van der Waals surface area (Å²) in [6.07, 6.45) is 2.08. The Labute approximate surface area is 135 Å². The molecule has 0 radical (unpaired) electrons. The molecule has 0 bridgehead atoms. The molecule has 2 amide bonds. The van der Waals surface area contributed by atoms with Crippen LogP contribution in [-0.4, -0.2) is 23.3 Å². The monoisotopic (exact) mass is 339 g/mol. The van der Waals surface area contributed by atoms with E-state index in [1.165, 1.54) is 29.7 Å². The number of hydrogen-bond donors (Lipinski definition) is 2. The number of benzene rings is 1. The SMILES string of the molecule is CCC(=O)NCC(=O)Nc1ncc(Cc2ccc(F)cc2F)s1. The van der Waals surface area contributed by atoms with Crippen LogP contribution in [0.5, 0.6) is 0 Å². The average Bonchev–Trinajstić information content (AvgIpc) is 2.94. The van der Waals surface area contributed by atoms with E-state index in [4.69, 9.17) is 0 Å². The van der Waals surface area contributed by atoms with Gasteiger partial charge >= 0.3 is 0 Å². The fraction of sp³-hybridized carbons (Fsp3) is 0.267. The van der Waals surface area contributed by atoms with Crippen molar-refractivity contribution in [2.45, 2.75) is 19.8 Å². The Kier molecular flexibility index (Phi) is 5.75. The molecule has 0 saturated heterocycles. The number of halogens is 2. The highest BCUT2D eigenvalue weighted by molar-refractivity contribution is 7.15. The molecule has 0 atom stereocenters. The second kappa shape index (κ2) is 7.77. The second-order valence-electron chi connectivity index (χ2n) is 4.72. The van der Waals surface area contributed by atoms with Crippen LogP contribution in [-0.2, 0) is 16.0 Å². The molecule has 1 heterocycles. The molecule has 2 aromatic rings.